The maximum atomic E-state index is 6.19. The molecule has 5 heteroatoms. The number of hydrogen-bond acceptors (Lipinski definition) is 3. The monoisotopic (exact) mass is 323 g/mol. The first-order valence-corrected chi connectivity index (χ1v) is 7.76. The van der Waals surface area contributed by atoms with Crippen LogP contribution in [0.2, 0.25) is 10.0 Å². The van der Waals surface area contributed by atoms with Gasteiger partial charge < -0.3 is 10.6 Å². The first-order valence-electron chi connectivity index (χ1n) is 7.00. The van der Waals surface area contributed by atoms with Crippen LogP contribution in [-0.4, -0.2) is 18.1 Å². The first-order chi connectivity index (χ1) is 10.1. The van der Waals surface area contributed by atoms with Gasteiger partial charge in [-0.1, -0.05) is 60.5 Å². The molecule has 0 aliphatic heterocycles. The van der Waals surface area contributed by atoms with Crippen molar-refractivity contribution in [3.8, 4) is 0 Å². The average Bonchev–Trinajstić information content (AvgIpc) is 2.49. The Balaban J connectivity index is 2.07. The Morgan fingerprint density at radius 1 is 1.05 bits per heavy atom. The topological polar surface area (TPSA) is 37.0 Å². The molecule has 1 aromatic heterocycles. The second kappa shape index (κ2) is 7.53. The molecule has 0 radical (unpaired) electrons. The highest BCUT2D eigenvalue weighted by Crippen LogP contribution is 2.29. The summed E-state index contributed by atoms with van der Waals surface area (Å²) in [6.45, 7) is 5.67. The van der Waals surface area contributed by atoms with Crippen LogP contribution in [0.3, 0.4) is 0 Å². The molecule has 0 bridgehead atoms. The number of anilines is 2. The van der Waals surface area contributed by atoms with Gasteiger partial charge in [0, 0.05) is 13.1 Å². The third-order valence-electron chi connectivity index (χ3n) is 3.22. The molecule has 0 amide bonds. The zero-order chi connectivity index (χ0) is 15.2. The quantitative estimate of drug-likeness (QED) is 0.782. The lowest BCUT2D eigenvalue weighted by molar-refractivity contribution is 0.801. The average molecular weight is 324 g/mol. The van der Waals surface area contributed by atoms with Gasteiger partial charge in [-0.05, 0) is 24.5 Å². The predicted molar refractivity (Wildman–Crippen MR) is 91.8 cm³/mol. The smallest absolute Gasteiger partial charge is 0.147 e. The summed E-state index contributed by atoms with van der Waals surface area (Å²) in [6, 6.07) is 12.1. The van der Waals surface area contributed by atoms with Crippen molar-refractivity contribution in [1.29, 1.82) is 0 Å². The maximum Gasteiger partial charge on any atom is 0.147 e. The Bertz CT molecular complexity index is 588. The largest absolute Gasteiger partial charge is 0.369 e. The summed E-state index contributed by atoms with van der Waals surface area (Å²) >= 11 is 12.3. The molecule has 0 fully saturated rings. The SMILES string of the molecule is CCNc1nc(NCC(C)c2ccccc2)c(Cl)cc1Cl. The van der Waals surface area contributed by atoms with Crippen molar-refractivity contribution in [2.45, 2.75) is 19.8 Å². The molecule has 21 heavy (non-hydrogen) atoms. The number of halogens is 2. The van der Waals surface area contributed by atoms with E-state index in [2.05, 4.69) is 34.7 Å². The summed E-state index contributed by atoms with van der Waals surface area (Å²) in [5.41, 5.74) is 1.28. The highest BCUT2D eigenvalue weighted by atomic mass is 35.5. The van der Waals surface area contributed by atoms with E-state index in [-0.39, 0.29) is 0 Å². The minimum Gasteiger partial charge on any atom is -0.369 e. The van der Waals surface area contributed by atoms with E-state index in [1.165, 1.54) is 5.56 Å². The number of aromatic nitrogens is 1. The molecule has 1 unspecified atom stereocenters. The lowest BCUT2D eigenvalue weighted by atomic mass is 10.0. The van der Waals surface area contributed by atoms with Gasteiger partial charge in [0.05, 0.1) is 10.0 Å². The fraction of sp³-hybridized carbons (Fsp3) is 0.312. The molecule has 2 aromatic rings. The molecular weight excluding hydrogens is 305 g/mol. The number of nitrogens with zero attached hydrogens (tertiary/aromatic N) is 1. The molecule has 0 saturated heterocycles. The van der Waals surface area contributed by atoms with Crippen molar-refractivity contribution < 1.29 is 0 Å². The Hall–Kier alpha value is -1.45. The first kappa shape index (κ1) is 15.9. The van der Waals surface area contributed by atoms with E-state index in [4.69, 9.17) is 23.2 Å². The summed E-state index contributed by atoms with van der Waals surface area (Å²) in [6.07, 6.45) is 0. The van der Waals surface area contributed by atoms with Crippen LogP contribution in [0.15, 0.2) is 36.4 Å². The molecule has 1 atom stereocenters. The van der Waals surface area contributed by atoms with Crippen LogP contribution < -0.4 is 10.6 Å². The third kappa shape index (κ3) is 4.26. The van der Waals surface area contributed by atoms with E-state index in [9.17, 15) is 0 Å². The van der Waals surface area contributed by atoms with Crippen LogP contribution in [0.4, 0.5) is 11.6 Å². The van der Waals surface area contributed by atoms with Crippen LogP contribution in [0, 0.1) is 0 Å². The standard InChI is InChI=1S/C16H19Cl2N3/c1-3-19-15-13(17)9-14(18)16(21-15)20-10-11(2)12-7-5-4-6-8-12/h4-9,11H,3,10H2,1-2H3,(H2,19,20,21). The number of benzene rings is 1. The van der Waals surface area contributed by atoms with Gasteiger partial charge in [0.15, 0.2) is 0 Å². The summed E-state index contributed by atoms with van der Waals surface area (Å²) in [4.78, 5) is 4.44. The van der Waals surface area contributed by atoms with Crippen molar-refractivity contribution in [2.24, 2.45) is 0 Å². The van der Waals surface area contributed by atoms with Crippen molar-refractivity contribution in [3.63, 3.8) is 0 Å². The van der Waals surface area contributed by atoms with Crippen LogP contribution >= 0.6 is 23.2 Å². The third-order valence-corrected chi connectivity index (χ3v) is 3.79. The Labute approximate surface area is 135 Å². The molecule has 2 N–H and O–H groups in total. The molecular formula is C16H19Cl2N3. The maximum absolute atomic E-state index is 6.19. The van der Waals surface area contributed by atoms with Gasteiger partial charge in [-0.25, -0.2) is 4.98 Å². The zero-order valence-corrected chi connectivity index (χ0v) is 13.7. The number of pyridine rings is 1. The van der Waals surface area contributed by atoms with Crippen LogP contribution in [0.5, 0.6) is 0 Å². The van der Waals surface area contributed by atoms with Gasteiger partial charge in [0.2, 0.25) is 0 Å². The van der Waals surface area contributed by atoms with Crippen molar-refractivity contribution >= 4 is 34.8 Å². The molecule has 0 aliphatic rings. The van der Waals surface area contributed by atoms with Crippen LogP contribution in [-0.2, 0) is 0 Å². The van der Waals surface area contributed by atoms with E-state index in [0.29, 0.717) is 27.6 Å². The Kier molecular flexibility index (Phi) is 5.71. The number of hydrogen-bond donors (Lipinski definition) is 2. The highest BCUT2D eigenvalue weighted by molar-refractivity contribution is 6.37. The molecule has 1 heterocycles. The number of nitrogens with one attached hydrogen (secondary N) is 2. The lowest BCUT2D eigenvalue weighted by Crippen LogP contribution is -2.12. The van der Waals surface area contributed by atoms with Gasteiger partial charge in [-0.2, -0.15) is 0 Å². The minimum atomic E-state index is 0.363. The molecule has 2 rings (SSSR count). The Morgan fingerprint density at radius 3 is 2.29 bits per heavy atom. The van der Waals surface area contributed by atoms with Crippen molar-refractivity contribution in [2.75, 3.05) is 23.7 Å². The molecule has 112 valence electrons. The minimum absolute atomic E-state index is 0.363. The predicted octanol–water partition coefficient (Wildman–Crippen LogP) is 5.04. The van der Waals surface area contributed by atoms with E-state index >= 15 is 0 Å². The summed E-state index contributed by atoms with van der Waals surface area (Å²) in [5, 5.41) is 7.48. The van der Waals surface area contributed by atoms with E-state index in [0.717, 1.165) is 13.1 Å². The molecule has 1 aromatic carbocycles. The fourth-order valence-corrected chi connectivity index (χ4v) is 2.52. The summed E-state index contributed by atoms with van der Waals surface area (Å²) in [5.74, 6) is 1.67. The van der Waals surface area contributed by atoms with Gasteiger partial charge in [0.25, 0.3) is 0 Å². The lowest BCUT2D eigenvalue weighted by Gasteiger charge is -2.15. The summed E-state index contributed by atoms with van der Waals surface area (Å²) < 4.78 is 0. The molecule has 0 aliphatic carbocycles. The summed E-state index contributed by atoms with van der Waals surface area (Å²) in [7, 11) is 0. The van der Waals surface area contributed by atoms with E-state index < -0.39 is 0 Å². The van der Waals surface area contributed by atoms with Crippen LogP contribution in [0.25, 0.3) is 0 Å². The van der Waals surface area contributed by atoms with Gasteiger partial charge >= 0.3 is 0 Å². The zero-order valence-electron chi connectivity index (χ0n) is 12.2. The van der Waals surface area contributed by atoms with Crippen LogP contribution in [0.1, 0.15) is 25.3 Å². The molecule has 0 saturated carbocycles. The van der Waals surface area contributed by atoms with E-state index in [1.54, 1.807) is 6.07 Å². The normalized spacial score (nSPS) is 12.0. The molecule has 3 nitrogen and oxygen atoms in total. The van der Waals surface area contributed by atoms with Gasteiger partial charge in [-0.3, -0.25) is 0 Å². The van der Waals surface area contributed by atoms with Crippen molar-refractivity contribution in [1.82, 2.24) is 4.98 Å². The highest BCUT2D eigenvalue weighted by Gasteiger charge is 2.10. The van der Waals surface area contributed by atoms with Gasteiger partial charge in [-0.15, -0.1) is 0 Å². The number of rotatable bonds is 6. The van der Waals surface area contributed by atoms with E-state index in [1.807, 2.05) is 25.1 Å². The van der Waals surface area contributed by atoms with Crippen molar-refractivity contribution in [3.05, 3.63) is 52.0 Å². The Morgan fingerprint density at radius 2 is 1.67 bits per heavy atom. The second-order valence-corrected chi connectivity index (χ2v) is 5.69. The van der Waals surface area contributed by atoms with Gasteiger partial charge in [0.1, 0.15) is 11.6 Å². The fourth-order valence-electron chi connectivity index (χ4n) is 2.03. The second-order valence-electron chi connectivity index (χ2n) is 4.87. The molecule has 0 spiro atoms.